The predicted octanol–water partition coefficient (Wildman–Crippen LogP) is 4.76. The average molecular weight is 292 g/mol. The molecule has 0 spiro atoms. The first-order valence-corrected chi connectivity index (χ1v) is 8.54. The molecule has 0 aromatic heterocycles. The van der Waals surface area contributed by atoms with Crippen LogP contribution in [0.2, 0.25) is 0 Å². The van der Waals surface area contributed by atoms with Crippen molar-refractivity contribution in [3.8, 4) is 0 Å². The summed E-state index contributed by atoms with van der Waals surface area (Å²) in [5.74, 6) is 0.806. The summed E-state index contributed by atoms with van der Waals surface area (Å²) in [6.45, 7) is 4.03. The number of esters is 1. The molecule has 0 saturated heterocycles. The molecule has 0 heterocycles. The molecule has 0 rings (SSSR count). The number of ether oxygens (including phenoxy) is 1. The highest BCUT2D eigenvalue weighted by atomic mass is 32.2. The van der Waals surface area contributed by atoms with Crippen LogP contribution in [0.3, 0.4) is 0 Å². The van der Waals surface area contributed by atoms with Gasteiger partial charge in [0.05, 0.1) is 13.3 Å². The molecule has 2 nitrogen and oxygen atoms in total. The smallest absolute Gasteiger partial charge is 0.318 e. The zero-order chi connectivity index (χ0) is 14.5. The summed E-state index contributed by atoms with van der Waals surface area (Å²) in [6.07, 6.45) is 6.77. The van der Waals surface area contributed by atoms with E-state index in [-0.39, 0.29) is 11.2 Å². The van der Waals surface area contributed by atoms with Crippen molar-refractivity contribution in [3.63, 3.8) is 0 Å². The molecule has 0 aromatic carbocycles. The molecule has 0 saturated carbocycles. The monoisotopic (exact) mass is 292 g/mol. The fourth-order valence-electron chi connectivity index (χ4n) is 1.88. The van der Waals surface area contributed by atoms with E-state index in [2.05, 4.69) is 6.92 Å². The standard InChI is InChI=1S/C15H29FO2S/c1-4-6-7-11-14(15(17)18-3)19-12-9-8-10-13(16)5-2/h13-14H,4-12H2,1-3H3. The maximum absolute atomic E-state index is 13.0. The van der Waals surface area contributed by atoms with Crippen LogP contribution in [-0.2, 0) is 9.53 Å². The third-order valence-electron chi connectivity index (χ3n) is 3.21. The summed E-state index contributed by atoms with van der Waals surface area (Å²) in [6, 6.07) is 0. The minimum Gasteiger partial charge on any atom is -0.468 e. The van der Waals surface area contributed by atoms with Crippen molar-refractivity contribution >= 4 is 17.7 Å². The summed E-state index contributed by atoms with van der Waals surface area (Å²) in [5, 5.41) is -0.0381. The first kappa shape index (κ1) is 18.8. The van der Waals surface area contributed by atoms with E-state index in [1.807, 2.05) is 6.92 Å². The number of hydrogen-bond donors (Lipinski definition) is 0. The fourth-order valence-corrected chi connectivity index (χ4v) is 3.10. The van der Waals surface area contributed by atoms with Gasteiger partial charge < -0.3 is 4.74 Å². The van der Waals surface area contributed by atoms with E-state index >= 15 is 0 Å². The quantitative estimate of drug-likeness (QED) is 0.383. The maximum Gasteiger partial charge on any atom is 0.318 e. The third-order valence-corrected chi connectivity index (χ3v) is 4.56. The summed E-state index contributed by atoms with van der Waals surface area (Å²) in [4.78, 5) is 11.6. The topological polar surface area (TPSA) is 26.3 Å². The van der Waals surface area contributed by atoms with Crippen molar-refractivity contribution in [2.24, 2.45) is 0 Å². The van der Waals surface area contributed by atoms with E-state index in [0.717, 1.165) is 44.3 Å². The van der Waals surface area contributed by atoms with Crippen molar-refractivity contribution < 1.29 is 13.9 Å². The molecule has 0 aliphatic heterocycles. The molecule has 0 fully saturated rings. The minimum absolute atomic E-state index is 0.0381. The van der Waals surface area contributed by atoms with Crippen molar-refractivity contribution in [3.05, 3.63) is 0 Å². The van der Waals surface area contributed by atoms with Gasteiger partial charge in [-0.3, -0.25) is 4.79 Å². The lowest BCUT2D eigenvalue weighted by molar-refractivity contribution is -0.140. The molecule has 2 atom stereocenters. The highest BCUT2D eigenvalue weighted by molar-refractivity contribution is 8.00. The van der Waals surface area contributed by atoms with Gasteiger partial charge in [-0.2, -0.15) is 0 Å². The number of alkyl halides is 1. The first-order chi connectivity index (χ1) is 9.15. The second kappa shape index (κ2) is 12.8. The van der Waals surface area contributed by atoms with E-state index in [9.17, 15) is 9.18 Å². The second-order valence-electron chi connectivity index (χ2n) is 4.88. The van der Waals surface area contributed by atoms with Crippen LogP contribution >= 0.6 is 11.8 Å². The number of thioether (sulfide) groups is 1. The van der Waals surface area contributed by atoms with Crippen molar-refractivity contribution in [1.29, 1.82) is 0 Å². The number of unbranched alkanes of at least 4 members (excludes halogenated alkanes) is 3. The lowest BCUT2D eigenvalue weighted by atomic mass is 10.1. The maximum atomic E-state index is 13.0. The molecule has 0 aliphatic carbocycles. The van der Waals surface area contributed by atoms with Gasteiger partial charge in [0.2, 0.25) is 0 Å². The Morgan fingerprint density at radius 3 is 2.42 bits per heavy atom. The van der Waals surface area contributed by atoms with Crippen LogP contribution in [0.4, 0.5) is 4.39 Å². The lowest BCUT2D eigenvalue weighted by Gasteiger charge is -2.14. The van der Waals surface area contributed by atoms with Crippen molar-refractivity contribution in [1.82, 2.24) is 0 Å². The van der Waals surface area contributed by atoms with Gasteiger partial charge in [-0.25, -0.2) is 4.39 Å². The molecule has 2 unspecified atom stereocenters. The third kappa shape index (κ3) is 10.2. The SMILES string of the molecule is CCCCCC(SCCCCC(F)CC)C(=O)OC. The molecule has 4 heteroatoms. The molecule has 19 heavy (non-hydrogen) atoms. The molecular weight excluding hydrogens is 263 g/mol. The van der Waals surface area contributed by atoms with Gasteiger partial charge >= 0.3 is 5.97 Å². The molecular formula is C15H29FO2S. The Bertz CT molecular complexity index is 224. The van der Waals surface area contributed by atoms with Crippen molar-refractivity contribution in [2.45, 2.75) is 76.6 Å². The van der Waals surface area contributed by atoms with Gasteiger partial charge in [0, 0.05) is 0 Å². The number of rotatable bonds is 12. The second-order valence-corrected chi connectivity index (χ2v) is 6.19. The molecule has 0 aromatic rings. The van der Waals surface area contributed by atoms with Gasteiger partial charge in [-0.1, -0.05) is 33.1 Å². The van der Waals surface area contributed by atoms with E-state index < -0.39 is 6.17 Å². The zero-order valence-corrected chi connectivity index (χ0v) is 13.4. The van der Waals surface area contributed by atoms with Crippen LogP contribution in [0.1, 0.15) is 65.2 Å². The Labute approximate surface area is 121 Å². The molecule has 0 N–H and O–H groups in total. The van der Waals surface area contributed by atoms with Crippen molar-refractivity contribution in [2.75, 3.05) is 12.9 Å². The number of carbonyl (C=O) groups excluding carboxylic acids is 1. The van der Waals surface area contributed by atoms with Gasteiger partial charge in [0.25, 0.3) is 0 Å². The lowest BCUT2D eigenvalue weighted by Crippen LogP contribution is -2.19. The van der Waals surface area contributed by atoms with E-state index in [1.165, 1.54) is 7.11 Å². The zero-order valence-electron chi connectivity index (χ0n) is 12.6. The van der Waals surface area contributed by atoms with E-state index in [0.29, 0.717) is 12.8 Å². The Hall–Kier alpha value is -0.250. The average Bonchev–Trinajstić information content (AvgIpc) is 2.43. The largest absolute Gasteiger partial charge is 0.468 e. The molecule has 114 valence electrons. The highest BCUT2D eigenvalue weighted by Gasteiger charge is 2.18. The Morgan fingerprint density at radius 1 is 1.16 bits per heavy atom. The Kier molecular flexibility index (Phi) is 12.6. The number of hydrogen-bond acceptors (Lipinski definition) is 3. The molecule has 0 radical (unpaired) electrons. The van der Waals surface area contributed by atoms with Gasteiger partial charge in [0.15, 0.2) is 0 Å². The number of halogens is 1. The normalized spacial score (nSPS) is 14.1. The first-order valence-electron chi connectivity index (χ1n) is 7.49. The van der Waals surface area contributed by atoms with E-state index in [1.54, 1.807) is 11.8 Å². The van der Waals surface area contributed by atoms with Gasteiger partial charge in [0.1, 0.15) is 5.25 Å². The van der Waals surface area contributed by atoms with Crippen LogP contribution < -0.4 is 0 Å². The fraction of sp³-hybridized carbons (Fsp3) is 0.933. The van der Waals surface area contributed by atoms with E-state index in [4.69, 9.17) is 4.74 Å². The van der Waals surface area contributed by atoms with Crippen LogP contribution in [0, 0.1) is 0 Å². The van der Waals surface area contributed by atoms with Crippen LogP contribution in [0.25, 0.3) is 0 Å². The van der Waals surface area contributed by atoms with Gasteiger partial charge in [-0.05, 0) is 37.9 Å². The molecule has 0 amide bonds. The summed E-state index contributed by atoms with van der Waals surface area (Å²) in [5.41, 5.74) is 0. The summed E-state index contributed by atoms with van der Waals surface area (Å²) >= 11 is 1.67. The molecule has 0 bridgehead atoms. The summed E-state index contributed by atoms with van der Waals surface area (Å²) in [7, 11) is 1.45. The summed E-state index contributed by atoms with van der Waals surface area (Å²) < 4.78 is 17.9. The predicted molar refractivity (Wildman–Crippen MR) is 81.4 cm³/mol. The minimum atomic E-state index is -0.661. The van der Waals surface area contributed by atoms with Gasteiger partial charge in [-0.15, -0.1) is 11.8 Å². The Balaban J connectivity index is 3.76. The number of methoxy groups -OCH3 is 1. The number of carbonyl (C=O) groups is 1. The van der Waals surface area contributed by atoms with Crippen LogP contribution in [0.5, 0.6) is 0 Å². The van der Waals surface area contributed by atoms with Crippen LogP contribution in [-0.4, -0.2) is 30.3 Å². The van der Waals surface area contributed by atoms with Crippen LogP contribution in [0.15, 0.2) is 0 Å². The Morgan fingerprint density at radius 2 is 1.84 bits per heavy atom. The highest BCUT2D eigenvalue weighted by Crippen LogP contribution is 2.21. The molecule has 0 aliphatic rings.